The predicted octanol–water partition coefficient (Wildman–Crippen LogP) is 5.13. The second kappa shape index (κ2) is 6.74. The van der Waals surface area contributed by atoms with Crippen LogP contribution in [0.4, 0.5) is 5.69 Å². The largest absolute Gasteiger partial charge is 0.348 e. The molecule has 1 aromatic heterocycles. The smallest absolute Gasteiger partial charge is 0.224 e. The van der Waals surface area contributed by atoms with Crippen LogP contribution in [0.2, 0.25) is 5.02 Å². The molecule has 1 saturated carbocycles. The van der Waals surface area contributed by atoms with Gasteiger partial charge in [0.15, 0.2) is 0 Å². The number of hydrogen-bond acceptors (Lipinski definition) is 1. The number of amides is 1. The lowest BCUT2D eigenvalue weighted by Gasteiger charge is -2.13. The lowest BCUT2D eigenvalue weighted by atomic mass is 9.96. The van der Waals surface area contributed by atoms with Crippen LogP contribution in [0.5, 0.6) is 0 Å². The van der Waals surface area contributed by atoms with Crippen LogP contribution in [-0.4, -0.2) is 10.5 Å². The summed E-state index contributed by atoms with van der Waals surface area (Å²) in [6, 6.07) is 5.81. The molecule has 0 spiro atoms. The van der Waals surface area contributed by atoms with Gasteiger partial charge in [-0.05, 0) is 30.9 Å². The predicted molar refractivity (Wildman–Crippen MR) is 92.4 cm³/mol. The Morgan fingerprint density at radius 1 is 1.27 bits per heavy atom. The highest BCUT2D eigenvalue weighted by Gasteiger charge is 2.18. The van der Waals surface area contributed by atoms with Crippen LogP contribution in [-0.2, 0) is 11.8 Å². The summed E-state index contributed by atoms with van der Waals surface area (Å²) in [6.45, 7) is 0. The standard InChI is InChI=1S/C18H23ClN2O/c1-21-12-15(18-14(19)9-6-10-16(18)21)20-17(22)11-13-7-4-2-3-5-8-13/h6,9-10,12-13H,2-5,7-8,11H2,1H3,(H,20,22). The third-order valence-electron chi connectivity index (χ3n) is 4.69. The maximum absolute atomic E-state index is 12.4. The molecule has 22 heavy (non-hydrogen) atoms. The number of benzene rings is 1. The number of rotatable bonds is 3. The van der Waals surface area contributed by atoms with Gasteiger partial charge in [-0.25, -0.2) is 0 Å². The number of fused-ring (bicyclic) bond motifs is 1. The molecule has 3 nitrogen and oxygen atoms in total. The Morgan fingerprint density at radius 2 is 2.00 bits per heavy atom. The Balaban J connectivity index is 1.74. The van der Waals surface area contributed by atoms with Crippen molar-refractivity contribution in [2.45, 2.75) is 44.9 Å². The SMILES string of the molecule is Cn1cc(NC(=O)CC2CCCCCC2)c2c(Cl)cccc21. The topological polar surface area (TPSA) is 34.0 Å². The van der Waals surface area contributed by atoms with E-state index in [-0.39, 0.29) is 5.91 Å². The number of hydrogen-bond donors (Lipinski definition) is 1. The minimum Gasteiger partial charge on any atom is -0.348 e. The first-order valence-electron chi connectivity index (χ1n) is 8.18. The fraction of sp³-hybridized carbons (Fsp3) is 0.500. The van der Waals surface area contributed by atoms with Gasteiger partial charge in [0.25, 0.3) is 0 Å². The van der Waals surface area contributed by atoms with Crippen LogP contribution in [0.15, 0.2) is 24.4 Å². The van der Waals surface area contributed by atoms with Crippen molar-refractivity contribution in [3.8, 4) is 0 Å². The molecule has 1 N–H and O–H groups in total. The Kier molecular flexibility index (Phi) is 4.72. The van der Waals surface area contributed by atoms with Crippen molar-refractivity contribution in [1.29, 1.82) is 0 Å². The minimum absolute atomic E-state index is 0.110. The first-order chi connectivity index (χ1) is 10.6. The van der Waals surface area contributed by atoms with Crippen molar-refractivity contribution in [3.05, 3.63) is 29.4 Å². The number of nitrogens with one attached hydrogen (secondary N) is 1. The average Bonchev–Trinajstić information content (AvgIpc) is 2.65. The van der Waals surface area contributed by atoms with Gasteiger partial charge in [-0.2, -0.15) is 0 Å². The molecule has 1 aliphatic rings. The Bertz CT molecular complexity index is 669. The van der Waals surface area contributed by atoms with Crippen LogP contribution in [0.3, 0.4) is 0 Å². The summed E-state index contributed by atoms with van der Waals surface area (Å²) in [5, 5.41) is 4.68. The van der Waals surface area contributed by atoms with Crippen molar-refractivity contribution in [2.75, 3.05) is 5.32 Å². The molecule has 0 bridgehead atoms. The average molecular weight is 319 g/mol. The molecule has 1 aromatic carbocycles. The van der Waals surface area contributed by atoms with E-state index in [2.05, 4.69) is 5.32 Å². The van der Waals surface area contributed by atoms with E-state index in [1.165, 1.54) is 38.5 Å². The molecular formula is C18H23ClN2O. The Morgan fingerprint density at radius 3 is 2.73 bits per heavy atom. The van der Waals surface area contributed by atoms with Crippen molar-refractivity contribution >= 4 is 34.1 Å². The maximum atomic E-state index is 12.4. The minimum atomic E-state index is 0.110. The molecule has 4 heteroatoms. The number of carbonyl (C=O) groups excluding carboxylic acids is 1. The third kappa shape index (κ3) is 3.30. The summed E-state index contributed by atoms with van der Waals surface area (Å²) in [7, 11) is 1.97. The molecule has 1 aliphatic carbocycles. The van der Waals surface area contributed by atoms with Gasteiger partial charge in [-0.15, -0.1) is 0 Å². The van der Waals surface area contributed by atoms with Crippen molar-refractivity contribution < 1.29 is 4.79 Å². The summed E-state index contributed by atoms with van der Waals surface area (Å²) >= 11 is 6.31. The highest BCUT2D eigenvalue weighted by molar-refractivity contribution is 6.36. The molecule has 0 aliphatic heterocycles. The van der Waals surface area contributed by atoms with Gasteiger partial charge in [0.2, 0.25) is 5.91 Å². The summed E-state index contributed by atoms with van der Waals surface area (Å²) in [6.07, 6.45) is 10.1. The molecule has 0 atom stereocenters. The third-order valence-corrected chi connectivity index (χ3v) is 5.00. The van der Waals surface area contributed by atoms with E-state index in [9.17, 15) is 4.79 Å². The van der Waals surface area contributed by atoms with E-state index < -0.39 is 0 Å². The molecule has 1 heterocycles. The molecule has 2 aromatic rings. The van der Waals surface area contributed by atoms with Gasteiger partial charge in [0.1, 0.15) is 0 Å². The number of nitrogens with zero attached hydrogens (tertiary/aromatic N) is 1. The fourth-order valence-corrected chi connectivity index (χ4v) is 3.80. The second-order valence-corrected chi connectivity index (χ2v) is 6.80. The van der Waals surface area contributed by atoms with E-state index in [0.717, 1.165) is 16.6 Å². The monoisotopic (exact) mass is 318 g/mol. The lowest BCUT2D eigenvalue weighted by molar-refractivity contribution is -0.117. The first kappa shape index (κ1) is 15.4. The highest BCUT2D eigenvalue weighted by atomic mass is 35.5. The number of halogens is 1. The molecule has 3 rings (SSSR count). The van der Waals surface area contributed by atoms with Gasteiger partial charge in [0, 0.05) is 25.1 Å². The Hall–Kier alpha value is -1.48. The summed E-state index contributed by atoms with van der Waals surface area (Å²) in [4.78, 5) is 12.4. The molecule has 118 valence electrons. The zero-order chi connectivity index (χ0) is 15.5. The number of carbonyl (C=O) groups is 1. The van der Waals surface area contributed by atoms with Crippen molar-refractivity contribution in [2.24, 2.45) is 13.0 Å². The summed E-state index contributed by atoms with van der Waals surface area (Å²) in [5.41, 5.74) is 1.86. The fourth-order valence-electron chi connectivity index (χ4n) is 3.53. The molecule has 1 fully saturated rings. The van der Waals surface area contributed by atoms with Gasteiger partial charge < -0.3 is 9.88 Å². The van der Waals surface area contributed by atoms with Crippen LogP contribution in [0.1, 0.15) is 44.9 Å². The van der Waals surface area contributed by atoms with E-state index >= 15 is 0 Å². The van der Waals surface area contributed by atoms with Gasteiger partial charge in [0.05, 0.1) is 16.2 Å². The van der Waals surface area contributed by atoms with Crippen LogP contribution in [0, 0.1) is 5.92 Å². The second-order valence-electron chi connectivity index (χ2n) is 6.40. The lowest BCUT2D eigenvalue weighted by Crippen LogP contribution is -2.16. The van der Waals surface area contributed by atoms with E-state index in [1.807, 2.05) is 36.0 Å². The highest BCUT2D eigenvalue weighted by Crippen LogP contribution is 2.32. The molecular weight excluding hydrogens is 296 g/mol. The molecule has 0 radical (unpaired) electrons. The van der Waals surface area contributed by atoms with Crippen LogP contribution >= 0.6 is 11.6 Å². The molecule has 1 amide bonds. The zero-order valence-electron chi connectivity index (χ0n) is 13.1. The van der Waals surface area contributed by atoms with Crippen molar-refractivity contribution in [3.63, 3.8) is 0 Å². The van der Waals surface area contributed by atoms with E-state index in [1.54, 1.807) is 0 Å². The first-order valence-corrected chi connectivity index (χ1v) is 8.56. The number of aryl methyl sites for hydroxylation is 1. The summed E-state index contributed by atoms with van der Waals surface area (Å²) < 4.78 is 2.00. The Labute approximate surface area is 136 Å². The van der Waals surface area contributed by atoms with Crippen LogP contribution in [0.25, 0.3) is 10.9 Å². The van der Waals surface area contributed by atoms with E-state index in [4.69, 9.17) is 11.6 Å². The summed E-state index contributed by atoms with van der Waals surface area (Å²) in [5.74, 6) is 0.646. The van der Waals surface area contributed by atoms with E-state index in [0.29, 0.717) is 17.4 Å². The van der Waals surface area contributed by atoms with Gasteiger partial charge in [-0.3, -0.25) is 4.79 Å². The zero-order valence-corrected chi connectivity index (χ0v) is 13.8. The van der Waals surface area contributed by atoms with Crippen molar-refractivity contribution in [1.82, 2.24) is 4.57 Å². The quantitative estimate of drug-likeness (QED) is 0.782. The number of anilines is 1. The molecule has 0 unspecified atom stereocenters. The van der Waals surface area contributed by atoms with Gasteiger partial charge >= 0.3 is 0 Å². The normalized spacial score (nSPS) is 16.6. The molecule has 0 saturated heterocycles. The maximum Gasteiger partial charge on any atom is 0.224 e. The van der Waals surface area contributed by atoms with Crippen LogP contribution < -0.4 is 5.32 Å². The van der Waals surface area contributed by atoms with Gasteiger partial charge in [-0.1, -0.05) is 43.4 Å². The number of aromatic nitrogens is 1.